The predicted octanol–water partition coefficient (Wildman–Crippen LogP) is 4.56. The first-order valence-corrected chi connectivity index (χ1v) is 8.04. The maximum Gasteiger partial charge on any atom is 0.124 e. The second-order valence-corrected chi connectivity index (χ2v) is 6.50. The van der Waals surface area contributed by atoms with Crippen LogP contribution in [0, 0.1) is 11.8 Å². The van der Waals surface area contributed by atoms with Gasteiger partial charge in [-0.15, -0.1) is 0 Å². The maximum atomic E-state index is 6.01. The SMILES string of the molecule is CNC(c1ccccc1OC(C)C)C1CCCC(C)C1. The van der Waals surface area contributed by atoms with E-state index in [0.717, 1.165) is 17.6 Å². The van der Waals surface area contributed by atoms with Crippen molar-refractivity contribution in [2.45, 2.75) is 58.6 Å². The summed E-state index contributed by atoms with van der Waals surface area (Å²) in [5.41, 5.74) is 1.32. The zero-order valence-electron chi connectivity index (χ0n) is 13.4. The average molecular weight is 275 g/mol. The van der Waals surface area contributed by atoms with Crippen LogP contribution in [0.2, 0.25) is 0 Å². The first kappa shape index (κ1) is 15.4. The van der Waals surface area contributed by atoms with E-state index >= 15 is 0 Å². The molecular formula is C18H29NO. The molecule has 1 aromatic rings. The molecule has 2 heteroatoms. The molecule has 1 fully saturated rings. The minimum Gasteiger partial charge on any atom is -0.491 e. The summed E-state index contributed by atoms with van der Waals surface area (Å²) in [7, 11) is 2.08. The van der Waals surface area contributed by atoms with Gasteiger partial charge in [0, 0.05) is 11.6 Å². The predicted molar refractivity (Wildman–Crippen MR) is 85.1 cm³/mol. The second-order valence-electron chi connectivity index (χ2n) is 6.50. The summed E-state index contributed by atoms with van der Waals surface area (Å²) < 4.78 is 6.01. The standard InChI is InChI=1S/C18H29NO/c1-13(2)20-17-11-6-5-10-16(17)18(19-4)15-9-7-8-14(3)12-15/h5-6,10-11,13-15,18-19H,7-9,12H2,1-4H3. The topological polar surface area (TPSA) is 21.3 Å². The van der Waals surface area contributed by atoms with Crippen LogP contribution in [0.15, 0.2) is 24.3 Å². The third-order valence-electron chi connectivity index (χ3n) is 4.38. The zero-order valence-corrected chi connectivity index (χ0v) is 13.4. The molecule has 2 rings (SSSR count). The summed E-state index contributed by atoms with van der Waals surface area (Å²) in [5.74, 6) is 2.61. The van der Waals surface area contributed by atoms with Gasteiger partial charge in [0.15, 0.2) is 0 Å². The van der Waals surface area contributed by atoms with Gasteiger partial charge in [0.05, 0.1) is 6.10 Å². The second kappa shape index (κ2) is 7.12. The van der Waals surface area contributed by atoms with Crippen molar-refractivity contribution < 1.29 is 4.74 Å². The summed E-state index contributed by atoms with van der Waals surface area (Å²) in [4.78, 5) is 0. The van der Waals surface area contributed by atoms with Crippen molar-refractivity contribution in [2.75, 3.05) is 7.05 Å². The highest BCUT2D eigenvalue weighted by molar-refractivity contribution is 5.36. The molecule has 0 heterocycles. The molecule has 0 spiro atoms. The lowest BCUT2D eigenvalue weighted by atomic mass is 9.76. The van der Waals surface area contributed by atoms with Gasteiger partial charge in [-0.1, -0.05) is 38.0 Å². The van der Waals surface area contributed by atoms with Crippen molar-refractivity contribution in [3.63, 3.8) is 0 Å². The van der Waals surface area contributed by atoms with Gasteiger partial charge in [0.1, 0.15) is 5.75 Å². The van der Waals surface area contributed by atoms with Gasteiger partial charge in [0.2, 0.25) is 0 Å². The first-order valence-electron chi connectivity index (χ1n) is 8.04. The van der Waals surface area contributed by atoms with Gasteiger partial charge < -0.3 is 10.1 Å². The molecule has 2 nitrogen and oxygen atoms in total. The third-order valence-corrected chi connectivity index (χ3v) is 4.38. The Morgan fingerprint density at radius 2 is 1.95 bits per heavy atom. The lowest BCUT2D eigenvalue weighted by molar-refractivity contribution is 0.212. The molecule has 0 aromatic heterocycles. The first-order chi connectivity index (χ1) is 9.61. The molecule has 3 unspecified atom stereocenters. The molecule has 1 aliphatic rings. The highest BCUT2D eigenvalue weighted by Gasteiger charge is 2.28. The van der Waals surface area contributed by atoms with Gasteiger partial charge in [0.25, 0.3) is 0 Å². The van der Waals surface area contributed by atoms with Crippen LogP contribution in [-0.4, -0.2) is 13.2 Å². The zero-order chi connectivity index (χ0) is 14.5. The Bertz CT molecular complexity index is 416. The lowest BCUT2D eigenvalue weighted by Crippen LogP contribution is -2.29. The number of nitrogens with one attached hydrogen (secondary N) is 1. The van der Waals surface area contributed by atoms with Crippen molar-refractivity contribution in [3.8, 4) is 5.75 Å². The lowest BCUT2D eigenvalue weighted by Gasteiger charge is -2.34. The highest BCUT2D eigenvalue weighted by Crippen LogP contribution is 2.39. The van der Waals surface area contributed by atoms with Gasteiger partial charge in [-0.25, -0.2) is 0 Å². The van der Waals surface area contributed by atoms with Crippen LogP contribution in [0.5, 0.6) is 5.75 Å². The van der Waals surface area contributed by atoms with Crippen molar-refractivity contribution in [3.05, 3.63) is 29.8 Å². The van der Waals surface area contributed by atoms with E-state index in [4.69, 9.17) is 4.74 Å². The molecule has 3 atom stereocenters. The van der Waals surface area contributed by atoms with E-state index in [1.165, 1.54) is 31.2 Å². The number of rotatable bonds is 5. The van der Waals surface area contributed by atoms with Crippen molar-refractivity contribution in [1.82, 2.24) is 5.32 Å². The fourth-order valence-electron chi connectivity index (χ4n) is 3.53. The van der Waals surface area contributed by atoms with E-state index in [-0.39, 0.29) is 6.10 Å². The van der Waals surface area contributed by atoms with E-state index in [2.05, 4.69) is 57.4 Å². The van der Waals surface area contributed by atoms with Crippen LogP contribution in [0.1, 0.15) is 58.1 Å². The average Bonchev–Trinajstić information content (AvgIpc) is 2.41. The summed E-state index contributed by atoms with van der Waals surface area (Å²) in [6.07, 6.45) is 5.61. The fraction of sp³-hybridized carbons (Fsp3) is 0.667. The van der Waals surface area contributed by atoms with Crippen LogP contribution >= 0.6 is 0 Å². The number of benzene rings is 1. The quantitative estimate of drug-likeness (QED) is 0.850. The molecule has 1 aromatic carbocycles. The molecule has 0 saturated heterocycles. The molecule has 112 valence electrons. The fourth-order valence-corrected chi connectivity index (χ4v) is 3.53. The van der Waals surface area contributed by atoms with E-state index < -0.39 is 0 Å². The Labute approximate surface area is 123 Å². The molecule has 0 amide bonds. The number of hydrogen-bond donors (Lipinski definition) is 1. The van der Waals surface area contributed by atoms with Gasteiger partial charge in [-0.05, 0) is 51.6 Å². The molecule has 1 saturated carbocycles. The Hall–Kier alpha value is -1.02. The molecule has 0 bridgehead atoms. The molecule has 1 aliphatic carbocycles. The van der Waals surface area contributed by atoms with Crippen LogP contribution in [0.4, 0.5) is 0 Å². The van der Waals surface area contributed by atoms with Crippen molar-refractivity contribution >= 4 is 0 Å². The Kier molecular flexibility index (Phi) is 5.47. The summed E-state index contributed by atoms with van der Waals surface area (Å²) in [5, 5.41) is 3.54. The third kappa shape index (κ3) is 3.76. The van der Waals surface area contributed by atoms with E-state index in [1.807, 2.05) is 0 Å². The Morgan fingerprint density at radius 1 is 1.20 bits per heavy atom. The molecule has 0 aliphatic heterocycles. The van der Waals surface area contributed by atoms with Crippen LogP contribution < -0.4 is 10.1 Å². The van der Waals surface area contributed by atoms with Gasteiger partial charge in [-0.3, -0.25) is 0 Å². The molecule has 20 heavy (non-hydrogen) atoms. The normalized spacial score (nSPS) is 24.6. The molecule has 0 radical (unpaired) electrons. The van der Waals surface area contributed by atoms with E-state index in [0.29, 0.717) is 6.04 Å². The minimum atomic E-state index is 0.221. The van der Waals surface area contributed by atoms with E-state index in [1.54, 1.807) is 0 Å². The number of ether oxygens (including phenoxy) is 1. The van der Waals surface area contributed by atoms with Crippen LogP contribution in [-0.2, 0) is 0 Å². The summed E-state index contributed by atoms with van der Waals surface area (Å²) >= 11 is 0. The summed E-state index contributed by atoms with van der Waals surface area (Å²) in [6.45, 7) is 6.57. The number of hydrogen-bond acceptors (Lipinski definition) is 2. The Balaban J connectivity index is 2.22. The number of para-hydroxylation sites is 1. The van der Waals surface area contributed by atoms with Crippen LogP contribution in [0.3, 0.4) is 0 Å². The highest BCUT2D eigenvalue weighted by atomic mass is 16.5. The van der Waals surface area contributed by atoms with Gasteiger partial charge >= 0.3 is 0 Å². The largest absolute Gasteiger partial charge is 0.491 e. The van der Waals surface area contributed by atoms with E-state index in [9.17, 15) is 0 Å². The minimum absolute atomic E-state index is 0.221. The van der Waals surface area contributed by atoms with Crippen LogP contribution in [0.25, 0.3) is 0 Å². The summed E-state index contributed by atoms with van der Waals surface area (Å²) in [6, 6.07) is 8.92. The maximum absolute atomic E-state index is 6.01. The monoisotopic (exact) mass is 275 g/mol. The molecule has 1 N–H and O–H groups in total. The smallest absolute Gasteiger partial charge is 0.124 e. The van der Waals surface area contributed by atoms with Crippen molar-refractivity contribution in [2.24, 2.45) is 11.8 Å². The molecular weight excluding hydrogens is 246 g/mol. The van der Waals surface area contributed by atoms with Gasteiger partial charge in [-0.2, -0.15) is 0 Å². The van der Waals surface area contributed by atoms with Crippen molar-refractivity contribution in [1.29, 1.82) is 0 Å². The Morgan fingerprint density at radius 3 is 2.60 bits per heavy atom.